The molecule has 0 bridgehead atoms. The maximum absolute atomic E-state index is 8.99. The summed E-state index contributed by atoms with van der Waals surface area (Å²) in [7, 11) is 0. The molecule has 0 amide bonds. The molecule has 0 radical (unpaired) electrons. The van der Waals surface area contributed by atoms with Gasteiger partial charge in [-0.1, -0.05) is 5.16 Å². The normalized spacial score (nSPS) is 17.8. The summed E-state index contributed by atoms with van der Waals surface area (Å²) in [4.78, 5) is 2.42. The second kappa shape index (κ2) is 4.57. The zero-order valence-corrected chi connectivity index (χ0v) is 8.28. The van der Waals surface area contributed by atoms with Crippen LogP contribution < -0.4 is 0 Å². The van der Waals surface area contributed by atoms with Crippen molar-refractivity contribution in [3.63, 3.8) is 0 Å². The summed E-state index contributed by atoms with van der Waals surface area (Å²) >= 11 is 0. The van der Waals surface area contributed by atoms with Crippen molar-refractivity contribution >= 4 is 0 Å². The van der Waals surface area contributed by atoms with Gasteiger partial charge in [0.15, 0.2) is 0 Å². The molecule has 1 N–H and O–H groups in total. The van der Waals surface area contributed by atoms with Crippen LogP contribution in [0.3, 0.4) is 0 Å². The number of aliphatic hydroxyl groups is 1. The van der Waals surface area contributed by atoms with Crippen molar-refractivity contribution in [2.24, 2.45) is 0 Å². The van der Waals surface area contributed by atoms with Crippen molar-refractivity contribution < 1.29 is 9.63 Å². The maximum Gasteiger partial charge on any atom is 0.143 e. The van der Waals surface area contributed by atoms with E-state index in [-0.39, 0.29) is 6.61 Å². The number of hydrogen-bond donors (Lipinski definition) is 1. The van der Waals surface area contributed by atoms with Gasteiger partial charge in [0.25, 0.3) is 0 Å². The van der Waals surface area contributed by atoms with Crippen molar-refractivity contribution in [1.82, 2.24) is 10.1 Å². The number of aliphatic hydroxyl groups excluding tert-OH is 1. The SMILES string of the molecule is OCc1cnoc1CCN1CCCC1. The van der Waals surface area contributed by atoms with Crippen molar-refractivity contribution in [1.29, 1.82) is 0 Å². The predicted octanol–water partition coefficient (Wildman–Crippen LogP) is 0.805. The third-order valence-electron chi connectivity index (χ3n) is 2.75. The third-order valence-corrected chi connectivity index (χ3v) is 2.75. The van der Waals surface area contributed by atoms with Gasteiger partial charge in [-0.25, -0.2) is 0 Å². The van der Waals surface area contributed by atoms with E-state index in [1.54, 1.807) is 6.20 Å². The van der Waals surface area contributed by atoms with Gasteiger partial charge in [-0.05, 0) is 25.9 Å². The minimum atomic E-state index is 0.0266. The Kier molecular flexibility index (Phi) is 3.16. The second-order valence-electron chi connectivity index (χ2n) is 3.73. The Balaban J connectivity index is 1.84. The summed E-state index contributed by atoms with van der Waals surface area (Å²) in [6.07, 6.45) is 5.07. The van der Waals surface area contributed by atoms with Crippen LogP contribution in [0.25, 0.3) is 0 Å². The quantitative estimate of drug-likeness (QED) is 0.774. The summed E-state index contributed by atoms with van der Waals surface area (Å²) in [6.45, 7) is 3.44. The lowest BCUT2D eigenvalue weighted by Crippen LogP contribution is -2.22. The Labute approximate surface area is 83.5 Å². The van der Waals surface area contributed by atoms with Gasteiger partial charge in [0.05, 0.1) is 12.8 Å². The van der Waals surface area contributed by atoms with Crippen LogP contribution in [0.15, 0.2) is 10.7 Å². The van der Waals surface area contributed by atoms with Gasteiger partial charge < -0.3 is 14.5 Å². The Morgan fingerprint density at radius 2 is 2.21 bits per heavy atom. The molecule has 14 heavy (non-hydrogen) atoms. The molecule has 0 saturated carbocycles. The molecule has 1 aromatic heterocycles. The van der Waals surface area contributed by atoms with E-state index >= 15 is 0 Å². The Morgan fingerprint density at radius 1 is 1.43 bits per heavy atom. The van der Waals surface area contributed by atoms with Crippen LogP contribution in [-0.4, -0.2) is 34.8 Å². The molecule has 0 aromatic carbocycles. The first-order valence-electron chi connectivity index (χ1n) is 5.16. The van der Waals surface area contributed by atoms with Gasteiger partial charge >= 0.3 is 0 Å². The topological polar surface area (TPSA) is 49.5 Å². The van der Waals surface area contributed by atoms with Crippen LogP contribution in [0.2, 0.25) is 0 Å². The number of hydrogen-bond acceptors (Lipinski definition) is 4. The van der Waals surface area contributed by atoms with Crippen LogP contribution >= 0.6 is 0 Å². The monoisotopic (exact) mass is 196 g/mol. The molecule has 4 heteroatoms. The molecule has 4 nitrogen and oxygen atoms in total. The number of likely N-dealkylation sites (tertiary alicyclic amines) is 1. The van der Waals surface area contributed by atoms with Crippen molar-refractivity contribution in [2.75, 3.05) is 19.6 Å². The van der Waals surface area contributed by atoms with E-state index in [0.29, 0.717) is 0 Å². The lowest BCUT2D eigenvalue weighted by Gasteiger charge is -2.12. The number of nitrogens with zero attached hydrogens (tertiary/aromatic N) is 2. The summed E-state index contributed by atoms with van der Waals surface area (Å²) in [5.74, 6) is 0.833. The maximum atomic E-state index is 8.99. The molecule has 0 unspecified atom stereocenters. The summed E-state index contributed by atoms with van der Waals surface area (Å²) in [5, 5.41) is 12.7. The second-order valence-corrected chi connectivity index (χ2v) is 3.73. The molecule has 0 atom stereocenters. The van der Waals surface area contributed by atoms with Crippen LogP contribution in [-0.2, 0) is 13.0 Å². The summed E-state index contributed by atoms with van der Waals surface area (Å²) < 4.78 is 5.08. The molecule has 1 aliphatic heterocycles. The first kappa shape index (κ1) is 9.68. The molecule has 1 saturated heterocycles. The van der Waals surface area contributed by atoms with Gasteiger partial charge in [-0.15, -0.1) is 0 Å². The molecule has 2 rings (SSSR count). The molecular formula is C10H16N2O2. The van der Waals surface area contributed by atoms with E-state index in [1.807, 2.05) is 0 Å². The summed E-state index contributed by atoms with van der Waals surface area (Å²) in [6, 6.07) is 0. The highest BCUT2D eigenvalue weighted by Crippen LogP contribution is 2.12. The first-order chi connectivity index (χ1) is 6.90. The van der Waals surface area contributed by atoms with E-state index < -0.39 is 0 Å². The van der Waals surface area contributed by atoms with E-state index in [0.717, 1.165) is 24.3 Å². The predicted molar refractivity (Wildman–Crippen MR) is 51.8 cm³/mol. The van der Waals surface area contributed by atoms with Crippen LogP contribution in [0.1, 0.15) is 24.2 Å². The van der Waals surface area contributed by atoms with Gasteiger partial charge in [-0.3, -0.25) is 0 Å². The Hall–Kier alpha value is -0.870. The van der Waals surface area contributed by atoms with Gasteiger partial charge in [0.2, 0.25) is 0 Å². The highest BCUT2D eigenvalue weighted by molar-refractivity contribution is 5.12. The van der Waals surface area contributed by atoms with Crippen molar-refractivity contribution in [3.8, 4) is 0 Å². The number of rotatable bonds is 4. The highest BCUT2D eigenvalue weighted by Gasteiger charge is 2.13. The van der Waals surface area contributed by atoms with Gasteiger partial charge in [-0.2, -0.15) is 0 Å². The summed E-state index contributed by atoms with van der Waals surface area (Å²) in [5.41, 5.74) is 0.823. The number of aromatic nitrogens is 1. The molecule has 1 fully saturated rings. The van der Waals surface area contributed by atoms with Crippen molar-refractivity contribution in [3.05, 3.63) is 17.5 Å². The van der Waals surface area contributed by atoms with E-state index in [4.69, 9.17) is 9.63 Å². The van der Waals surface area contributed by atoms with Crippen LogP contribution in [0.4, 0.5) is 0 Å². The molecule has 2 heterocycles. The first-order valence-corrected chi connectivity index (χ1v) is 5.16. The molecule has 78 valence electrons. The zero-order valence-electron chi connectivity index (χ0n) is 8.28. The average molecular weight is 196 g/mol. The molecule has 0 spiro atoms. The largest absolute Gasteiger partial charge is 0.391 e. The fourth-order valence-corrected chi connectivity index (χ4v) is 1.89. The third kappa shape index (κ3) is 2.13. The molecular weight excluding hydrogens is 180 g/mol. The Bertz CT molecular complexity index is 279. The van der Waals surface area contributed by atoms with Crippen LogP contribution in [0, 0.1) is 0 Å². The lowest BCUT2D eigenvalue weighted by molar-refractivity contribution is 0.273. The fourth-order valence-electron chi connectivity index (χ4n) is 1.89. The smallest absolute Gasteiger partial charge is 0.143 e. The lowest BCUT2D eigenvalue weighted by atomic mass is 10.2. The highest BCUT2D eigenvalue weighted by atomic mass is 16.5. The van der Waals surface area contributed by atoms with Crippen molar-refractivity contribution in [2.45, 2.75) is 25.9 Å². The van der Waals surface area contributed by atoms with Gasteiger partial charge in [0.1, 0.15) is 5.76 Å². The van der Waals surface area contributed by atoms with E-state index in [9.17, 15) is 0 Å². The van der Waals surface area contributed by atoms with E-state index in [2.05, 4.69) is 10.1 Å². The van der Waals surface area contributed by atoms with Gasteiger partial charge in [0, 0.05) is 18.5 Å². The molecule has 0 aliphatic carbocycles. The molecule has 1 aliphatic rings. The van der Waals surface area contributed by atoms with E-state index in [1.165, 1.54) is 25.9 Å². The standard InChI is InChI=1S/C10H16N2O2/c13-8-9-7-11-14-10(9)3-6-12-4-1-2-5-12/h7,13H,1-6,8H2. The zero-order chi connectivity index (χ0) is 9.80. The minimum absolute atomic E-state index is 0.0266. The average Bonchev–Trinajstić information content (AvgIpc) is 2.85. The molecule has 1 aromatic rings. The minimum Gasteiger partial charge on any atom is -0.391 e. The fraction of sp³-hybridized carbons (Fsp3) is 0.700. The Morgan fingerprint density at radius 3 is 2.93 bits per heavy atom. The van der Waals surface area contributed by atoms with Crippen LogP contribution in [0.5, 0.6) is 0 Å².